The van der Waals surface area contributed by atoms with Crippen LogP contribution >= 0.6 is 36.1 Å². The van der Waals surface area contributed by atoms with Gasteiger partial charge in [-0.15, -0.1) is 0 Å². The third-order valence-corrected chi connectivity index (χ3v) is 3.13. The monoisotopic (exact) mass is 412 g/mol. The fraction of sp³-hybridized carbons (Fsp3) is 0.333. The summed E-state index contributed by atoms with van der Waals surface area (Å²) in [6.07, 6.45) is -0.368. The van der Waals surface area contributed by atoms with Crippen LogP contribution in [0.1, 0.15) is 10.4 Å². The van der Waals surface area contributed by atoms with Crippen molar-refractivity contribution in [3.63, 3.8) is 0 Å². The number of carboxylic acids is 1. The minimum absolute atomic E-state index is 0. The van der Waals surface area contributed by atoms with Gasteiger partial charge in [-0.05, 0) is 46.9 Å². The normalized spacial score (nSPS) is 16.6. The maximum atomic E-state index is 10.6. The van der Waals surface area contributed by atoms with Crippen molar-refractivity contribution in [2.75, 3.05) is 20.1 Å². The molecule has 0 unspecified atom stereocenters. The van der Waals surface area contributed by atoms with E-state index < -0.39 is 5.97 Å². The summed E-state index contributed by atoms with van der Waals surface area (Å²) in [6.45, 7) is 1.03. The molecular weight excluding hydrogens is 395 g/mol. The van der Waals surface area contributed by atoms with E-state index in [1.54, 1.807) is 31.3 Å². The summed E-state index contributed by atoms with van der Waals surface area (Å²) in [5, 5.41) is 8.47. The molecule has 2 rings (SSSR count). The molecule has 1 aromatic carbocycles. The maximum absolute atomic E-state index is 10.6. The molecule has 1 aliphatic heterocycles. The fourth-order valence-electron chi connectivity index (χ4n) is 1.36. The average Bonchev–Trinajstić information content (AvgIpc) is 2.70. The lowest BCUT2D eigenvalue weighted by Crippen LogP contribution is -2.24. The number of carboxylic acid groups (broad SMARTS) is 1. The standard InChI is InChI=1S/C7H5IO2.C5H10N2O2.H2S/c8-6-3-1-5(2-4-6)7(9)10;1-7-3-4(2-6)9-5(7)8;/h1-4H,(H,9,10);4H,2-3,6H2,1H3;1H2/t;4-;/m.0./s1. The summed E-state index contributed by atoms with van der Waals surface area (Å²) < 4.78 is 5.83. The molecule has 1 amide bonds. The van der Waals surface area contributed by atoms with Gasteiger partial charge < -0.3 is 20.5 Å². The first-order valence-electron chi connectivity index (χ1n) is 5.54. The Hall–Kier alpha value is -1.000. The zero-order chi connectivity index (χ0) is 14.4. The molecule has 0 aromatic heterocycles. The van der Waals surface area contributed by atoms with Crippen LogP contribution in [0.25, 0.3) is 0 Å². The second-order valence-electron chi connectivity index (χ2n) is 3.93. The number of cyclic esters (lactones) is 1. The van der Waals surface area contributed by atoms with Gasteiger partial charge in [0.25, 0.3) is 0 Å². The Morgan fingerprint density at radius 2 is 2.05 bits per heavy atom. The average molecular weight is 412 g/mol. The first-order chi connectivity index (χ1) is 8.93. The van der Waals surface area contributed by atoms with E-state index in [1.807, 2.05) is 0 Å². The highest BCUT2D eigenvalue weighted by atomic mass is 127. The van der Waals surface area contributed by atoms with Crippen LogP contribution in [-0.4, -0.2) is 48.3 Å². The number of amides is 1. The molecule has 6 nitrogen and oxygen atoms in total. The lowest BCUT2D eigenvalue weighted by atomic mass is 10.2. The van der Waals surface area contributed by atoms with Gasteiger partial charge in [-0.1, -0.05) is 0 Å². The van der Waals surface area contributed by atoms with E-state index in [1.165, 1.54) is 4.90 Å². The van der Waals surface area contributed by atoms with Crippen LogP contribution in [0.3, 0.4) is 0 Å². The van der Waals surface area contributed by atoms with Crippen LogP contribution < -0.4 is 5.73 Å². The minimum atomic E-state index is -0.878. The molecule has 1 atom stereocenters. The number of likely N-dealkylation sites (N-methyl/N-ethyl adjacent to an activating group) is 1. The number of nitrogens with two attached hydrogens (primary N) is 1. The third-order valence-electron chi connectivity index (χ3n) is 2.41. The summed E-state index contributed by atoms with van der Waals surface area (Å²) in [4.78, 5) is 22.4. The van der Waals surface area contributed by atoms with Crippen LogP contribution in [-0.2, 0) is 4.74 Å². The van der Waals surface area contributed by atoms with Crippen LogP contribution in [0.5, 0.6) is 0 Å². The molecule has 0 bridgehead atoms. The first kappa shape index (κ1) is 19.0. The zero-order valence-corrected chi connectivity index (χ0v) is 14.0. The van der Waals surface area contributed by atoms with E-state index in [-0.39, 0.29) is 25.7 Å². The number of halogens is 1. The molecule has 1 saturated heterocycles. The van der Waals surface area contributed by atoms with Gasteiger partial charge in [-0.25, -0.2) is 9.59 Å². The Kier molecular flexibility index (Phi) is 8.58. The highest BCUT2D eigenvalue weighted by molar-refractivity contribution is 14.1. The van der Waals surface area contributed by atoms with Gasteiger partial charge in [0.1, 0.15) is 6.10 Å². The summed E-state index contributed by atoms with van der Waals surface area (Å²) in [5.41, 5.74) is 5.59. The van der Waals surface area contributed by atoms with Crippen LogP contribution in [0.4, 0.5) is 4.79 Å². The van der Waals surface area contributed by atoms with Crippen molar-refractivity contribution in [1.29, 1.82) is 0 Å². The van der Waals surface area contributed by atoms with Gasteiger partial charge in [0, 0.05) is 17.2 Å². The van der Waals surface area contributed by atoms with E-state index in [9.17, 15) is 9.59 Å². The number of ether oxygens (including phenoxy) is 1. The molecule has 0 radical (unpaired) electrons. The summed E-state index contributed by atoms with van der Waals surface area (Å²) in [6, 6.07) is 6.71. The Labute approximate surface area is 137 Å². The number of hydrogen-bond acceptors (Lipinski definition) is 4. The van der Waals surface area contributed by atoms with Crippen molar-refractivity contribution in [3.8, 4) is 0 Å². The molecule has 1 aliphatic rings. The second kappa shape index (κ2) is 9.03. The van der Waals surface area contributed by atoms with E-state index in [0.717, 1.165) is 3.57 Å². The Bertz CT molecular complexity index is 455. The molecule has 0 saturated carbocycles. The van der Waals surface area contributed by atoms with Crippen molar-refractivity contribution in [3.05, 3.63) is 33.4 Å². The Balaban J connectivity index is 0.000000345. The number of hydrogen-bond donors (Lipinski definition) is 2. The molecule has 112 valence electrons. The van der Waals surface area contributed by atoms with Crippen molar-refractivity contribution in [1.82, 2.24) is 4.90 Å². The topological polar surface area (TPSA) is 92.9 Å². The highest BCUT2D eigenvalue weighted by Crippen LogP contribution is 2.06. The number of nitrogens with zero attached hydrogens (tertiary/aromatic N) is 1. The van der Waals surface area contributed by atoms with E-state index in [4.69, 9.17) is 15.6 Å². The maximum Gasteiger partial charge on any atom is 0.410 e. The molecule has 1 aromatic rings. The predicted molar refractivity (Wildman–Crippen MR) is 88.5 cm³/mol. The van der Waals surface area contributed by atoms with Gasteiger partial charge in [0.2, 0.25) is 0 Å². The largest absolute Gasteiger partial charge is 0.478 e. The quantitative estimate of drug-likeness (QED) is 0.719. The van der Waals surface area contributed by atoms with Crippen molar-refractivity contribution < 1.29 is 19.4 Å². The molecule has 8 heteroatoms. The molecule has 1 heterocycles. The van der Waals surface area contributed by atoms with E-state index >= 15 is 0 Å². The summed E-state index contributed by atoms with van der Waals surface area (Å²) in [5.74, 6) is -0.878. The zero-order valence-electron chi connectivity index (χ0n) is 10.9. The molecule has 3 N–H and O–H groups in total. The van der Waals surface area contributed by atoms with Gasteiger partial charge in [-0.2, -0.15) is 13.5 Å². The molecule has 0 aliphatic carbocycles. The number of aromatic carboxylic acids is 1. The van der Waals surface area contributed by atoms with E-state index in [0.29, 0.717) is 18.7 Å². The lowest BCUT2D eigenvalue weighted by Gasteiger charge is -2.01. The molecule has 20 heavy (non-hydrogen) atoms. The number of rotatable bonds is 2. The molecular formula is C12H17IN2O4S. The van der Waals surface area contributed by atoms with Crippen LogP contribution in [0.2, 0.25) is 0 Å². The third kappa shape index (κ3) is 5.97. The molecule has 1 fully saturated rings. The van der Waals surface area contributed by atoms with Crippen molar-refractivity contribution >= 4 is 48.1 Å². The van der Waals surface area contributed by atoms with Crippen LogP contribution in [0.15, 0.2) is 24.3 Å². The van der Waals surface area contributed by atoms with E-state index in [2.05, 4.69) is 22.6 Å². The summed E-state index contributed by atoms with van der Waals surface area (Å²) in [7, 11) is 1.69. The Morgan fingerprint density at radius 1 is 1.50 bits per heavy atom. The predicted octanol–water partition coefficient (Wildman–Crippen LogP) is 1.50. The fourth-order valence-corrected chi connectivity index (χ4v) is 1.72. The number of carbonyl (C=O) groups excluding carboxylic acids is 1. The first-order valence-corrected chi connectivity index (χ1v) is 6.62. The van der Waals surface area contributed by atoms with Crippen molar-refractivity contribution in [2.24, 2.45) is 5.73 Å². The number of carbonyl (C=O) groups is 2. The SMILES string of the molecule is CN1C[C@H](CN)OC1=O.O=C(O)c1ccc(I)cc1.S. The van der Waals surface area contributed by atoms with Gasteiger partial charge in [-0.3, -0.25) is 0 Å². The van der Waals surface area contributed by atoms with Gasteiger partial charge >= 0.3 is 12.1 Å². The van der Waals surface area contributed by atoms with Crippen LogP contribution in [0, 0.1) is 3.57 Å². The van der Waals surface area contributed by atoms with Gasteiger partial charge in [0.15, 0.2) is 0 Å². The lowest BCUT2D eigenvalue weighted by molar-refractivity contribution is 0.0696. The summed E-state index contributed by atoms with van der Waals surface area (Å²) >= 11 is 2.13. The number of benzene rings is 1. The highest BCUT2D eigenvalue weighted by Gasteiger charge is 2.26. The Morgan fingerprint density at radius 3 is 2.35 bits per heavy atom. The smallest absolute Gasteiger partial charge is 0.410 e. The molecule has 0 spiro atoms. The minimum Gasteiger partial charge on any atom is -0.478 e. The second-order valence-corrected chi connectivity index (χ2v) is 5.18. The van der Waals surface area contributed by atoms with Crippen molar-refractivity contribution in [2.45, 2.75) is 6.10 Å². The van der Waals surface area contributed by atoms with Gasteiger partial charge in [0.05, 0.1) is 12.1 Å².